The molecule has 0 aliphatic heterocycles. The maximum Gasteiger partial charge on any atom is 0.199 e. The third-order valence-corrected chi connectivity index (χ3v) is 5.92. The van der Waals surface area contributed by atoms with E-state index in [1.165, 1.54) is 11.3 Å². The predicted molar refractivity (Wildman–Crippen MR) is 100 cm³/mol. The summed E-state index contributed by atoms with van der Waals surface area (Å²) in [6, 6.07) is 17.2. The Labute approximate surface area is 152 Å². The first-order valence-electron chi connectivity index (χ1n) is 7.64. The van der Waals surface area contributed by atoms with Gasteiger partial charge in [-0.15, -0.1) is 11.3 Å². The van der Waals surface area contributed by atoms with E-state index in [2.05, 4.69) is 11.1 Å². The van der Waals surface area contributed by atoms with Crippen LogP contribution < -0.4 is 0 Å². The minimum atomic E-state index is -0.997. The van der Waals surface area contributed by atoms with Crippen molar-refractivity contribution in [3.05, 3.63) is 64.3 Å². The zero-order valence-electron chi connectivity index (χ0n) is 13.2. The van der Waals surface area contributed by atoms with E-state index < -0.39 is 5.92 Å². The third-order valence-electron chi connectivity index (χ3n) is 4.23. The SMILES string of the molecule is Cn1c([C@H](C#N)C(=O)c2sc3ccccc3c2Cl)nc2ccccc21. The average molecular weight is 366 g/mol. The summed E-state index contributed by atoms with van der Waals surface area (Å²) in [6.07, 6.45) is 0. The Morgan fingerprint density at radius 2 is 1.96 bits per heavy atom. The lowest BCUT2D eigenvalue weighted by molar-refractivity contribution is 0.0979. The largest absolute Gasteiger partial charge is 0.330 e. The molecule has 2 heterocycles. The van der Waals surface area contributed by atoms with Crippen molar-refractivity contribution in [3.63, 3.8) is 0 Å². The molecule has 0 fully saturated rings. The lowest BCUT2D eigenvalue weighted by atomic mass is 10.0. The second kappa shape index (κ2) is 5.99. The fraction of sp³-hybridized carbons (Fsp3) is 0.105. The van der Waals surface area contributed by atoms with Gasteiger partial charge in [-0.3, -0.25) is 4.79 Å². The average Bonchev–Trinajstić information content (AvgIpc) is 3.14. The third kappa shape index (κ3) is 2.42. The van der Waals surface area contributed by atoms with Crippen molar-refractivity contribution in [2.45, 2.75) is 5.92 Å². The van der Waals surface area contributed by atoms with Crippen LogP contribution >= 0.6 is 22.9 Å². The van der Waals surface area contributed by atoms with Crippen molar-refractivity contribution in [2.24, 2.45) is 7.05 Å². The Balaban J connectivity index is 1.85. The molecule has 0 saturated carbocycles. The molecule has 2 aromatic heterocycles. The molecule has 0 radical (unpaired) electrons. The van der Waals surface area contributed by atoms with Crippen LogP contribution in [0.4, 0.5) is 0 Å². The number of halogens is 1. The Bertz CT molecular complexity index is 1170. The van der Waals surface area contributed by atoms with E-state index in [1.54, 1.807) is 4.57 Å². The first kappa shape index (κ1) is 15.8. The Kier molecular flexibility index (Phi) is 3.79. The van der Waals surface area contributed by atoms with E-state index in [0.29, 0.717) is 15.7 Å². The summed E-state index contributed by atoms with van der Waals surface area (Å²) in [4.78, 5) is 17.9. The number of hydrogen-bond donors (Lipinski definition) is 0. The molecule has 122 valence electrons. The van der Waals surface area contributed by atoms with E-state index in [1.807, 2.05) is 55.6 Å². The van der Waals surface area contributed by atoms with Crippen LogP contribution in [0.25, 0.3) is 21.1 Å². The lowest BCUT2D eigenvalue weighted by Gasteiger charge is -2.07. The summed E-state index contributed by atoms with van der Waals surface area (Å²) in [6.45, 7) is 0. The van der Waals surface area contributed by atoms with Gasteiger partial charge in [0.2, 0.25) is 0 Å². The fourth-order valence-corrected chi connectivity index (χ4v) is 4.45. The van der Waals surface area contributed by atoms with Gasteiger partial charge in [0.15, 0.2) is 11.7 Å². The number of hydrogen-bond acceptors (Lipinski definition) is 4. The van der Waals surface area contributed by atoms with Crippen molar-refractivity contribution in [3.8, 4) is 6.07 Å². The van der Waals surface area contributed by atoms with Crippen LogP contribution in [0.2, 0.25) is 5.02 Å². The van der Waals surface area contributed by atoms with Crippen LogP contribution in [0.15, 0.2) is 48.5 Å². The van der Waals surface area contributed by atoms with Gasteiger partial charge in [-0.2, -0.15) is 5.26 Å². The summed E-state index contributed by atoms with van der Waals surface area (Å²) < 4.78 is 2.72. The second-order valence-corrected chi connectivity index (χ2v) is 7.12. The molecule has 2 aromatic carbocycles. The molecule has 6 heteroatoms. The number of ketones is 1. The highest BCUT2D eigenvalue weighted by atomic mass is 35.5. The van der Waals surface area contributed by atoms with Crippen LogP contribution in [-0.4, -0.2) is 15.3 Å². The number of Topliss-reactive ketones (excluding diaryl/α,β-unsaturated/α-hetero) is 1. The number of thiophene rings is 1. The topological polar surface area (TPSA) is 58.7 Å². The van der Waals surface area contributed by atoms with Crippen molar-refractivity contribution in [1.29, 1.82) is 5.26 Å². The summed E-state index contributed by atoms with van der Waals surface area (Å²) in [5, 5.41) is 10.9. The standard InChI is InChI=1S/C19H12ClN3OS/c1-23-14-8-4-3-7-13(14)22-19(23)12(10-21)17(24)18-16(20)11-6-2-5-9-15(11)25-18/h2-9,12H,1H3/t12-/m1/s1. The van der Waals surface area contributed by atoms with Gasteiger partial charge in [-0.25, -0.2) is 4.98 Å². The van der Waals surface area contributed by atoms with Gasteiger partial charge in [0, 0.05) is 17.1 Å². The number of fused-ring (bicyclic) bond motifs is 2. The second-order valence-electron chi connectivity index (χ2n) is 5.69. The molecule has 0 saturated heterocycles. The molecule has 0 aliphatic carbocycles. The van der Waals surface area contributed by atoms with E-state index in [0.717, 1.165) is 21.1 Å². The van der Waals surface area contributed by atoms with Gasteiger partial charge < -0.3 is 4.57 Å². The summed E-state index contributed by atoms with van der Waals surface area (Å²) in [5.74, 6) is -0.878. The summed E-state index contributed by atoms with van der Waals surface area (Å²) in [5.41, 5.74) is 1.64. The predicted octanol–water partition coefficient (Wildman–Crippen LogP) is 4.93. The first-order chi connectivity index (χ1) is 12.1. The highest BCUT2D eigenvalue weighted by Gasteiger charge is 2.30. The molecular formula is C19H12ClN3OS. The van der Waals surface area contributed by atoms with Crippen molar-refractivity contribution in [1.82, 2.24) is 9.55 Å². The zero-order valence-corrected chi connectivity index (χ0v) is 14.8. The molecule has 0 spiro atoms. The Morgan fingerprint density at radius 1 is 1.24 bits per heavy atom. The fourth-order valence-electron chi connectivity index (χ4n) is 2.96. The normalized spacial score (nSPS) is 12.4. The highest BCUT2D eigenvalue weighted by Crippen LogP contribution is 2.38. The number of rotatable bonds is 3. The molecule has 0 amide bonds. The molecule has 0 aliphatic rings. The molecule has 0 bridgehead atoms. The van der Waals surface area contributed by atoms with Crippen LogP contribution in [0.5, 0.6) is 0 Å². The van der Waals surface area contributed by atoms with Crippen LogP contribution in [0.3, 0.4) is 0 Å². The number of carbonyl (C=O) groups excluding carboxylic acids is 1. The first-order valence-corrected chi connectivity index (χ1v) is 8.83. The van der Waals surface area contributed by atoms with E-state index in [-0.39, 0.29) is 5.78 Å². The number of para-hydroxylation sites is 2. The van der Waals surface area contributed by atoms with E-state index in [9.17, 15) is 10.1 Å². The smallest absolute Gasteiger partial charge is 0.199 e. The van der Waals surface area contributed by atoms with Crippen molar-refractivity contribution in [2.75, 3.05) is 0 Å². The summed E-state index contributed by atoms with van der Waals surface area (Å²) in [7, 11) is 1.81. The van der Waals surface area contributed by atoms with Crippen LogP contribution in [0, 0.1) is 11.3 Å². The number of aryl methyl sites for hydroxylation is 1. The van der Waals surface area contributed by atoms with Crippen LogP contribution in [-0.2, 0) is 7.05 Å². The molecular weight excluding hydrogens is 354 g/mol. The summed E-state index contributed by atoms with van der Waals surface area (Å²) >= 11 is 7.73. The Morgan fingerprint density at radius 3 is 2.68 bits per heavy atom. The van der Waals surface area contributed by atoms with Crippen molar-refractivity contribution >= 4 is 49.8 Å². The number of nitrogens with zero attached hydrogens (tertiary/aromatic N) is 3. The molecule has 4 rings (SSSR count). The van der Waals surface area contributed by atoms with Gasteiger partial charge >= 0.3 is 0 Å². The number of aromatic nitrogens is 2. The molecule has 4 nitrogen and oxygen atoms in total. The van der Waals surface area contributed by atoms with Gasteiger partial charge in [0.1, 0.15) is 5.82 Å². The maximum atomic E-state index is 13.0. The quantitative estimate of drug-likeness (QED) is 0.483. The number of carbonyl (C=O) groups is 1. The lowest BCUT2D eigenvalue weighted by Crippen LogP contribution is -2.15. The minimum Gasteiger partial charge on any atom is -0.330 e. The molecule has 0 N–H and O–H groups in total. The minimum absolute atomic E-state index is 0.313. The number of imidazole rings is 1. The molecule has 0 unspecified atom stereocenters. The molecule has 25 heavy (non-hydrogen) atoms. The number of benzene rings is 2. The van der Waals surface area contributed by atoms with Gasteiger partial charge in [0.05, 0.1) is 27.0 Å². The Hall–Kier alpha value is -2.68. The van der Waals surface area contributed by atoms with Gasteiger partial charge in [0.25, 0.3) is 0 Å². The molecule has 4 aromatic rings. The highest BCUT2D eigenvalue weighted by molar-refractivity contribution is 7.21. The van der Waals surface area contributed by atoms with E-state index in [4.69, 9.17) is 11.6 Å². The van der Waals surface area contributed by atoms with E-state index >= 15 is 0 Å². The van der Waals surface area contributed by atoms with Crippen molar-refractivity contribution < 1.29 is 4.79 Å². The number of nitriles is 1. The van der Waals surface area contributed by atoms with Gasteiger partial charge in [-0.05, 0) is 18.2 Å². The van der Waals surface area contributed by atoms with Gasteiger partial charge in [-0.1, -0.05) is 41.9 Å². The van der Waals surface area contributed by atoms with Crippen LogP contribution in [0.1, 0.15) is 21.4 Å². The monoisotopic (exact) mass is 365 g/mol. The zero-order chi connectivity index (χ0) is 17.6. The molecule has 1 atom stereocenters. The maximum absolute atomic E-state index is 13.0.